The molecule has 3 heterocycles. The molecule has 42 heavy (non-hydrogen) atoms. The lowest BCUT2D eigenvalue weighted by Gasteiger charge is -2.26. The van der Waals surface area contributed by atoms with Gasteiger partial charge in [-0.2, -0.15) is 0 Å². The second-order valence-electron chi connectivity index (χ2n) is 10.9. The number of fused-ring (bicyclic) bond motifs is 1. The summed E-state index contributed by atoms with van der Waals surface area (Å²) in [5, 5.41) is 15.0. The first-order chi connectivity index (χ1) is 20.5. The molecule has 0 unspecified atom stereocenters. The van der Waals surface area contributed by atoms with E-state index in [2.05, 4.69) is 32.3 Å². The molecular formula is C35H35N5O2. The summed E-state index contributed by atoms with van der Waals surface area (Å²) in [5.41, 5.74) is 6.12. The van der Waals surface area contributed by atoms with Gasteiger partial charge in [-0.05, 0) is 86.4 Å². The summed E-state index contributed by atoms with van der Waals surface area (Å²) in [6.45, 7) is 5.10. The number of hydrogen-bond donors (Lipinski definition) is 3. The van der Waals surface area contributed by atoms with Crippen LogP contribution in [0.5, 0.6) is 5.88 Å². The first kappa shape index (κ1) is 27.4. The number of aromatic amines is 1. The summed E-state index contributed by atoms with van der Waals surface area (Å²) in [6.07, 6.45) is 7.25. The number of carbonyl (C=O) groups is 1. The lowest BCUT2D eigenvalue weighted by molar-refractivity contribution is 0.0940. The summed E-state index contributed by atoms with van der Waals surface area (Å²) in [5.74, 6) is -0.197. The molecule has 0 bridgehead atoms. The lowest BCUT2D eigenvalue weighted by atomic mass is 10.00. The normalized spacial score (nSPS) is 15.0. The van der Waals surface area contributed by atoms with Crippen LogP contribution in [0.25, 0.3) is 10.9 Å². The summed E-state index contributed by atoms with van der Waals surface area (Å²) in [4.78, 5) is 28.3. The zero-order valence-corrected chi connectivity index (χ0v) is 23.8. The van der Waals surface area contributed by atoms with E-state index in [1.807, 2.05) is 73.7 Å². The summed E-state index contributed by atoms with van der Waals surface area (Å²) in [7, 11) is 0. The Labute approximate surface area is 246 Å². The quantitative estimate of drug-likeness (QED) is 0.181. The van der Waals surface area contributed by atoms with E-state index < -0.39 is 0 Å². The van der Waals surface area contributed by atoms with Crippen LogP contribution in [0.3, 0.4) is 0 Å². The summed E-state index contributed by atoms with van der Waals surface area (Å²) >= 11 is 0. The zero-order chi connectivity index (χ0) is 28.9. The number of amides is 1. The molecule has 7 heteroatoms. The highest BCUT2D eigenvalue weighted by Gasteiger charge is 2.21. The molecule has 0 aliphatic carbocycles. The molecule has 1 aliphatic rings. The monoisotopic (exact) mass is 557 g/mol. The van der Waals surface area contributed by atoms with Crippen LogP contribution in [0.15, 0.2) is 102 Å². The maximum absolute atomic E-state index is 13.3. The SMILES string of the molecule is C[C@@H](NC(=O)c1ccc2[nH]c(O)c(C(=Nc3cccc(CN4CCCCC4)c3)c3cccnc3)c2c1)c1ccccc1. The van der Waals surface area contributed by atoms with Crippen molar-refractivity contribution in [3.8, 4) is 5.88 Å². The Bertz CT molecular complexity index is 1710. The molecule has 1 atom stereocenters. The number of piperidine rings is 1. The average molecular weight is 558 g/mol. The van der Waals surface area contributed by atoms with Gasteiger partial charge in [-0.3, -0.25) is 14.7 Å². The maximum Gasteiger partial charge on any atom is 0.251 e. The molecule has 5 aromatic rings. The van der Waals surface area contributed by atoms with Gasteiger partial charge in [0.1, 0.15) is 0 Å². The molecule has 6 rings (SSSR count). The average Bonchev–Trinajstić information content (AvgIpc) is 3.36. The minimum Gasteiger partial charge on any atom is -0.494 e. The van der Waals surface area contributed by atoms with E-state index in [-0.39, 0.29) is 17.8 Å². The van der Waals surface area contributed by atoms with E-state index in [1.165, 1.54) is 24.8 Å². The first-order valence-corrected chi connectivity index (χ1v) is 14.6. The van der Waals surface area contributed by atoms with Crippen molar-refractivity contribution in [1.82, 2.24) is 20.2 Å². The van der Waals surface area contributed by atoms with E-state index in [1.54, 1.807) is 18.5 Å². The molecule has 1 amide bonds. The fourth-order valence-electron chi connectivity index (χ4n) is 5.66. The van der Waals surface area contributed by atoms with Crippen molar-refractivity contribution in [2.24, 2.45) is 4.99 Å². The third-order valence-corrected chi connectivity index (χ3v) is 7.87. The number of carbonyl (C=O) groups excluding carboxylic acids is 1. The molecule has 1 saturated heterocycles. The Morgan fingerprint density at radius 2 is 1.81 bits per heavy atom. The van der Waals surface area contributed by atoms with Crippen molar-refractivity contribution >= 4 is 28.2 Å². The molecule has 0 radical (unpaired) electrons. The largest absolute Gasteiger partial charge is 0.494 e. The van der Waals surface area contributed by atoms with Crippen LogP contribution >= 0.6 is 0 Å². The van der Waals surface area contributed by atoms with E-state index in [0.717, 1.165) is 36.4 Å². The Hall–Kier alpha value is -4.75. The first-order valence-electron chi connectivity index (χ1n) is 14.6. The molecule has 0 saturated carbocycles. The third kappa shape index (κ3) is 6.11. The number of aromatic nitrogens is 2. The van der Waals surface area contributed by atoms with E-state index in [9.17, 15) is 9.90 Å². The van der Waals surface area contributed by atoms with E-state index in [0.29, 0.717) is 27.7 Å². The van der Waals surface area contributed by atoms with Gasteiger partial charge < -0.3 is 15.4 Å². The van der Waals surface area contributed by atoms with E-state index in [4.69, 9.17) is 4.99 Å². The van der Waals surface area contributed by atoms with Crippen molar-refractivity contribution < 1.29 is 9.90 Å². The number of rotatable bonds is 8. The zero-order valence-electron chi connectivity index (χ0n) is 23.8. The molecule has 212 valence electrons. The molecular weight excluding hydrogens is 522 g/mol. The molecule has 7 nitrogen and oxygen atoms in total. The van der Waals surface area contributed by atoms with Gasteiger partial charge in [0, 0.05) is 41.0 Å². The Kier molecular flexibility index (Phi) is 8.10. The number of nitrogens with zero attached hydrogens (tertiary/aromatic N) is 3. The van der Waals surface area contributed by atoms with Crippen LogP contribution in [0.2, 0.25) is 0 Å². The van der Waals surface area contributed by atoms with Crippen LogP contribution < -0.4 is 5.32 Å². The third-order valence-electron chi connectivity index (χ3n) is 7.87. The van der Waals surface area contributed by atoms with Crippen LogP contribution in [-0.4, -0.2) is 44.7 Å². The Balaban J connectivity index is 1.37. The predicted molar refractivity (Wildman–Crippen MR) is 167 cm³/mol. The number of hydrogen-bond acceptors (Lipinski definition) is 5. The molecule has 3 aromatic carbocycles. The van der Waals surface area contributed by atoms with Gasteiger partial charge in [0.2, 0.25) is 0 Å². The van der Waals surface area contributed by atoms with Crippen LogP contribution in [-0.2, 0) is 6.54 Å². The number of nitrogens with one attached hydrogen (secondary N) is 2. The minimum absolute atomic E-state index is 0.00714. The molecule has 2 aromatic heterocycles. The van der Waals surface area contributed by atoms with Crippen molar-refractivity contribution in [3.05, 3.63) is 125 Å². The number of benzene rings is 3. The lowest BCUT2D eigenvalue weighted by Crippen LogP contribution is -2.28. The number of H-pyrrole nitrogens is 1. The standard InChI is InChI=1S/C35H35N5O2/c1-24(26-11-4-2-5-12-26)37-34(41)27-15-16-31-30(21-27)32(35(42)39-31)33(28-13-9-17-36-22-28)38-29-14-8-10-25(20-29)23-40-18-6-3-7-19-40/h2,4-5,8-17,20-22,24,39,42H,3,6-7,18-19,23H2,1H3,(H,37,41)/t24-/m1/s1. The summed E-state index contributed by atoms with van der Waals surface area (Å²) < 4.78 is 0. The second kappa shape index (κ2) is 12.4. The number of pyridine rings is 1. The molecule has 0 spiro atoms. The van der Waals surface area contributed by atoms with Gasteiger partial charge in [0.25, 0.3) is 5.91 Å². The Morgan fingerprint density at radius 1 is 0.976 bits per heavy atom. The van der Waals surface area contributed by atoms with Crippen LogP contribution in [0.1, 0.15) is 64.8 Å². The summed E-state index contributed by atoms with van der Waals surface area (Å²) in [6, 6.07) is 27.2. The fraction of sp³-hybridized carbons (Fsp3) is 0.229. The Morgan fingerprint density at radius 3 is 2.60 bits per heavy atom. The van der Waals surface area contributed by atoms with Crippen LogP contribution in [0.4, 0.5) is 5.69 Å². The van der Waals surface area contributed by atoms with Crippen molar-refractivity contribution in [1.29, 1.82) is 0 Å². The van der Waals surface area contributed by atoms with Gasteiger partial charge >= 0.3 is 0 Å². The molecule has 1 aliphatic heterocycles. The van der Waals surface area contributed by atoms with Gasteiger partial charge in [-0.15, -0.1) is 0 Å². The van der Waals surface area contributed by atoms with Gasteiger partial charge in [-0.25, -0.2) is 4.99 Å². The maximum atomic E-state index is 13.3. The van der Waals surface area contributed by atoms with Gasteiger partial charge in [0.15, 0.2) is 5.88 Å². The van der Waals surface area contributed by atoms with Gasteiger partial charge in [-0.1, -0.05) is 48.9 Å². The van der Waals surface area contributed by atoms with Gasteiger partial charge in [0.05, 0.1) is 23.0 Å². The van der Waals surface area contributed by atoms with Crippen molar-refractivity contribution in [2.45, 2.75) is 38.8 Å². The number of aromatic hydroxyl groups is 1. The minimum atomic E-state index is -0.190. The van der Waals surface area contributed by atoms with E-state index >= 15 is 0 Å². The molecule has 1 fully saturated rings. The van der Waals surface area contributed by atoms with Crippen LogP contribution in [0, 0.1) is 0 Å². The predicted octanol–water partition coefficient (Wildman–Crippen LogP) is 6.91. The number of aliphatic imine (C=N–C) groups is 1. The van der Waals surface area contributed by atoms with Crippen molar-refractivity contribution in [3.63, 3.8) is 0 Å². The smallest absolute Gasteiger partial charge is 0.251 e. The highest BCUT2D eigenvalue weighted by molar-refractivity contribution is 6.22. The second-order valence-corrected chi connectivity index (χ2v) is 10.9. The van der Waals surface area contributed by atoms with Crippen molar-refractivity contribution in [2.75, 3.05) is 13.1 Å². The number of likely N-dealkylation sites (tertiary alicyclic amines) is 1. The fourth-order valence-corrected chi connectivity index (χ4v) is 5.66. The molecule has 3 N–H and O–H groups in total. The topological polar surface area (TPSA) is 93.6 Å². The highest BCUT2D eigenvalue weighted by Crippen LogP contribution is 2.32. The highest BCUT2D eigenvalue weighted by atomic mass is 16.3.